The summed E-state index contributed by atoms with van der Waals surface area (Å²) in [7, 11) is 1.79. The standard InChI is InChI=1S/C14H22N2O/c1-17-12-13-7-9-16(11-13)10-8-15-14-5-3-2-4-6-14/h2-6,13,15H,7-12H2,1H3. The minimum absolute atomic E-state index is 0.733. The molecule has 94 valence electrons. The van der Waals surface area contributed by atoms with E-state index in [0.29, 0.717) is 0 Å². The molecule has 1 N–H and O–H groups in total. The van der Waals surface area contributed by atoms with Crippen LogP contribution in [-0.2, 0) is 4.74 Å². The van der Waals surface area contributed by atoms with E-state index in [1.165, 1.54) is 25.2 Å². The van der Waals surface area contributed by atoms with Crippen LogP contribution in [0.15, 0.2) is 30.3 Å². The fraction of sp³-hybridized carbons (Fsp3) is 0.571. The van der Waals surface area contributed by atoms with Crippen LogP contribution in [0.3, 0.4) is 0 Å². The normalized spacial score (nSPS) is 20.6. The summed E-state index contributed by atoms with van der Waals surface area (Å²) in [6, 6.07) is 10.4. The third kappa shape index (κ3) is 4.02. The molecule has 1 aromatic rings. The van der Waals surface area contributed by atoms with Gasteiger partial charge in [-0.1, -0.05) is 18.2 Å². The number of nitrogens with one attached hydrogen (secondary N) is 1. The van der Waals surface area contributed by atoms with Gasteiger partial charge in [0.1, 0.15) is 0 Å². The summed E-state index contributed by atoms with van der Waals surface area (Å²) in [6.45, 7) is 5.44. The molecule has 1 aromatic carbocycles. The third-order valence-electron chi connectivity index (χ3n) is 3.30. The number of nitrogens with zero attached hydrogens (tertiary/aromatic N) is 1. The average Bonchev–Trinajstić information content (AvgIpc) is 2.79. The summed E-state index contributed by atoms with van der Waals surface area (Å²) < 4.78 is 5.21. The van der Waals surface area contributed by atoms with Crippen LogP contribution in [-0.4, -0.2) is 44.8 Å². The topological polar surface area (TPSA) is 24.5 Å². The van der Waals surface area contributed by atoms with Crippen molar-refractivity contribution in [2.24, 2.45) is 5.92 Å². The van der Waals surface area contributed by atoms with Crippen LogP contribution in [0, 0.1) is 5.92 Å². The number of anilines is 1. The van der Waals surface area contributed by atoms with E-state index in [1.807, 2.05) is 6.07 Å². The number of benzene rings is 1. The molecule has 17 heavy (non-hydrogen) atoms. The molecule has 1 aliphatic heterocycles. The largest absolute Gasteiger partial charge is 0.384 e. The van der Waals surface area contributed by atoms with Crippen LogP contribution in [0.4, 0.5) is 5.69 Å². The highest BCUT2D eigenvalue weighted by Crippen LogP contribution is 2.15. The second-order valence-corrected chi connectivity index (χ2v) is 4.70. The molecule has 1 unspecified atom stereocenters. The van der Waals surface area contributed by atoms with Gasteiger partial charge in [-0.25, -0.2) is 0 Å². The summed E-state index contributed by atoms with van der Waals surface area (Å²) in [5.41, 5.74) is 1.21. The Balaban J connectivity index is 1.63. The van der Waals surface area contributed by atoms with Gasteiger partial charge in [0.15, 0.2) is 0 Å². The predicted octanol–water partition coefficient (Wildman–Crippen LogP) is 2.07. The molecule has 0 aliphatic carbocycles. The van der Waals surface area contributed by atoms with E-state index in [2.05, 4.69) is 34.5 Å². The second kappa shape index (κ2) is 6.62. The molecule has 1 heterocycles. The number of hydrogen-bond acceptors (Lipinski definition) is 3. The Kier molecular flexibility index (Phi) is 4.83. The van der Waals surface area contributed by atoms with Crippen molar-refractivity contribution in [3.05, 3.63) is 30.3 Å². The molecule has 1 fully saturated rings. The van der Waals surface area contributed by atoms with E-state index in [0.717, 1.165) is 25.6 Å². The van der Waals surface area contributed by atoms with Gasteiger partial charge in [0.2, 0.25) is 0 Å². The Morgan fingerprint density at radius 1 is 1.35 bits per heavy atom. The van der Waals surface area contributed by atoms with Gasteiger partial charge in [-0.15, -0.1) is 0 Å². The van der Waals surface area contributed by atoms with E-state index in [4.69, 9.17) is 4.74 Å². The minimum Gasteiger partial charge on any atom is -0.384 e. The zero-order chi connectivity index (χ0) is 11.9. The quantitative estimate of drug-likeness (QED) is 0.815. The highest BCUT2D eigenvalue weighted by Gasteiger charge is 2.21. The zero-order valence-corrected chi connectivity index (χ0v) is 10.6. The fourth-order valence-electron chi connectivity index (χ4n) is 2.40. The Morgan fingerprint density at radius 3 is 2.94 bits per heavy atom. The zero-order valence-electron chi connectivity index (χ0n) is 10.6. The second-order valence-electron chi connectivity index (χ2n) is 4.70. The van der Waals surface area contributed by atoms with E-state index in [1.54, 1.807) is 7.11 Å². The molecule has 0 radical (unpaired) electrons. The van der Waals surface area contributed by atoms with E-state index >= 15 is 0 Å². The first-order valence-electron chi connectivity index (χ1n) is 6.38. The van der Waals surface area contributed by atoms with Gasteiger partial charge in [0.25, 0.3) is 0 Å². The summed E-state index contributed by atoms with van der Waals surface area (Å²) in [5.74, 6) is 0.733. The first-order valence-corrected chi connectivity index (χ1v) is 6.38. The van der Waals surface area contributed by atoms with Gasteiger partial charge >= 0.3 is 0 Å². The lowest BCUT2D eigenvalue weighted by Gasteiger charge is -2.16. The summed E-state index contributed by atoms with van der Waals surface area (Å²) in [4.78, 5) is 2.51. The SMILES string of the molecule is COCC1CCN(CCNc2ccccc2)C1. The number of methoxy groups -OCH3 is 1. The summed E-state index contributed by atoms with van der Waals surface area (Å²) in [6.07, 6.45) is 1.28. The maximum absolute atomic E-state index is 5.21. The van der Waals surface area contributed by atoms with Crippen molar-refractivity contribution in [3.63, 3.8) is 0 Å². The van der Waals surface area contributed by atoms with E-state index < -0.39 is 0 Å². The van der Waals surface area contributed by atoms with Crippen molar-refractivity contribution in [1.29, 1.82) is 0 Å². The van der Waals surface area contributed by atoms with Gasteiger partial charge in [-0.2, -0.15) is 0 Å². The van der Waals surface area contributed by atoms with Gasteiger partial charge in [0, 0.05) is 32.4 Å². The molecule has 2 rings (SSSR count). The van der Waals surface area contributed by atoms with Crippen molar-refractivity contribution in [2.75, 3.05) is 45.2 Å². The first-order chi connectivity index (χ1) is 8.38. The molecule has 1 saturated heterocycles. The third-order valence-corrected chi connectivity index (χ3v) is 3.30. The van der Waals surface area contributed by atoms with Crippen LogP contribution in [0.2, 0.25) is 0 Å². The number of ether oxygens (including phenoxy) is 1. The lowest BCUT2D eigenvalue weighted by molar-refractivity contribution is 0.153. The molecule has 3 nitrogen and oxygen atoms in total. The minimum atomic E-state index is 0.733. The van der Waals surface area contributed by atoms with Crippen LogP contribution < -0.4 is 5.32 Å². The number of likely N-dealkylation sites (tertiary alicyclic amines) is 1. The summed E-state index contributed by atoms with van der Waals surface area (Å²) in [5, 5.41) is 3.45. The van der Waals surface area contributed by atoms with Crippen molar-refractivity contribution >= 4 is 5.69 Å². The lowest BCUT2D eigenvalue weighted by Crippen LogP contribution is -2.27. The Labute approximate surface area is 104 Å². The number of hydrogen-bond donors (Lipinski definition) is 1. The van der Waals surface area contributed by atoms with Gasteiger partial charge in [-0.3, -0.25) is 0 Å². The smallest absolute Gasteiger partial charge is 0.0503 e. The Bertz CT molecular complexity index is 315. The van der Waals surface area contributed by atoms with Crippen LogP contribution >= 0.6 is 0 Å². The molecule has 0 amide bonds. The van der Waals surface area contributed by atoms with Gasteiger partial charge in [-0.05, 0) is 31.0 Å². The molecular formula is C14H22N2O. The van der Waals surface area contributed by atoms with E-state index in [-0.39, 0.29) is 0 Å². The van der Waals surface area contributed by atoms with E-state index in [9.17, 15) is 0 Å². The van der Waals surface area contributed by atoms with Crippen LogP contribution in [0.25, 0.3) is 0 Å². The maximum atomic E-state index is 5.21. The molecule has 1 aliphatic rings. The molecule has 0 spiro atoms. The highest BCUT2D eigenvalue weighted by molar-refractivity contribution is 5.42. The molecule has 1 atom stereocenters. The van der Waals surface area contributed by atoms with Gasteiger partial charge in [0.05, 0.1) is 6.61 Å². The van der Waals surface area contributed by atoms with Crippen molar-refractivity contribution in [1.82, 2.24) is 4.90 Å². The fourth-order valence-corrected chi connectivity index (χ4v) is 2.40. The molecule has 0 bridgehead atoms. The van der Waals surface area contributed by atoms with Crippen LogP contribution in [0.5, 0.6) is 0 Å². The average molecular weight is 234 g/mol. The predicted molar refractivity (Wildman–Crippen MR) is 71.4 cm³/mol. The Hall–Kier alpha value is -1.06. The number of rotatable bonds is 6. The Morgan fingerprint density at radius 2 is 2.18 bits per heavy atom. The van der Waals surface area contributed by atoms with Crippen molar-refractivity contribution in [2.45, 2.75) is 6.42 Å². The molecule has 0 saturated carbocycles. The molecule has 0 aromatic heterocycles. The first kappa shape index (κ1) is 12.4. The van der Waals surface area contributed by atoms with Crippen molar-refractivity contribution < 1.29 is 4.74 Å². The van der Waals surface area contributed by atoms with Crippen LogP contribution in [0.1, 0.15) is 6.42 Å². The van der Waals surface area contributed by atoms with Crippen molar-refractivity contribution in [3.8, 4) is 0 Å². The summed E-state index contributed by atoms with van der Waals surface area (Å²) >= 11 is 0. The van der Waals surface area contributed by atoms with Gasteiger partial charge < -0.3 is 15.0 Å². The number of para-hydroxylation sites is 1. The maximum Gasteiger partial charge on any atom is 0.0503 e. The lowest BCUT2D eigenvalue weighted by atomic mass is 10.1. The monoisotopic (exact) mass is 234 g/mol. The molecular weight excluding hydrogens is 212 g/mol. The molecule has 3 heteroatoms. The highest BCUT2D eigenvalue weighted by atomic mass is 16.5.